The van der Waals surface area contributed by atoms with Crippen LogP contribution < -0.4 is 4.74 Å². The van der Waals surface area contributed by atoms with Crippen molar-refractivity contribution in [1.29, 1.82) is 0 Å². The zero-order chi connectivity index (χ0) is 13.4. The molecule has 0 aliphatic heterocycles. The predicted molar refractivity (Wildman–Crippen MR) is 78.2 cm³/mol. The molecule has 0 saturated carbocycles. The van der Waals surface area contributed by atoms with E-state index in [2.05, 4.69) is 34.7 Å². The first-order chi connectivity index (χ1) is 8.63. The lowest BCUT2D eigenvalue weighted by Gasteiger charge is -2.25. The Morgan fingerprint density at radius 3 is 2.56 bits per heavy atom. The first-order valence-electron chi connectivity index (χ1n) is 6.25. The van der Waals surface area contributed by atoms with Crippen molar-refractivity contribution in [2.24, 2.45) is 0 Å². The Bertz CT molecular complexity index is 344. The summed E-state index contributed by atoms with van der Waals surface area (Å²) in [5.74, 6) is 0.903. The predicted octanol–water partition coefficient (Wildman–Crippen LogP) is 3.18. The van der Waals surface area contributed by atoms with Gasteiger partial charge in [0.2, 0.25) is 0 Å². The topological polar surface area (TPSA) is 21.7 Å². The van der Waals surface area contributed by atoms with Crippen LogP contribution in [0.15, 0.2) is 28.7 Å². The van der Waals surface area contributed by atoms with E-state index in [1.54, 1.807) is 7.11 Å². The van der Waals surface area contributed by atoms with Gasteiger partial charge in [0.1, 0.15) is 12.4 Å². The molecule has 0 saturated heterocycles. The number of nitrogens with zero attached hydrogens (tertiary/aromatic N) is 1. The van der Waals surface area contributed by atoms with Gasteiger partial charge in [-0.05, 0) is 32.0 Å². The molecule has 1 aromatic carbocycles. The fourth-order valence-corrected chi connectivity index (χ4v) is 2.05. The fourth-order valence-electron chi connectivity index (χ4n) is 1.67. The van der Waals surface area contributed by atoms with Gasteiger partial charge in [0.05, 0.1) is 6.61 Å². The number of methoxy groups -OCH3 is 1. The molecule has 0 aromatic heterocycles. The first kappa shape index (κ1) is 15.5. The molecule has 0 atom stereocenters. The fraction of sp³-hybridized carbons (Fsp3) is 0.571. The maximum Gasteiger partial charge on any atom is 0.120 e. The second kappa shape index (κ2) is 8.51. The molecular formula is C14H22BrNO2. The Hall–Kier alpha value is -0.580. The van der Waals surface area contributed by atoms with E-state index in [-0.39, 0.29) is 0 Å². The molecule has 1 rings (SSSR count). The monoisotopic (exact) mass is 315 g/mol. The van der Waals surface area contributed by atoms with Gasteiger partial charge < -0.3 is 9.47 Å². The van der Waals surface area contributed by atoms with Gasteiger partial charge in [-0.15, -0.1) is 0 Å². The Morgan fingerprint density at radius 2 is 1.94 bits per heavy atom. The van der Waals surface area contributed by atoms with Gasteiger partial charge in [0, 0.05) is 30.7 Å². The first-order valence-corrected chi connectivity index (χ1v) is 7.04. The SMILES string of the molecule is COCCN(CCOc1cccc(Br)c1)C(C)C. The van der Waals surface area contributed by atoms with Crippen molar-refractivity contribution < 1.29 is 9.47 Å². The van der Waals surface area contributed by atoms with Crippen molar-refractivity contribution >= 4 is 15.9 Å². The highest BCUT2D eigenvalue weighted by Crippen LogP contribution is 2.17. The third-order valence-corrected chi connectivity index (χ3v) is 3.25. The summed E-state index contributed by atoms with van der Waals surface area (Å²) in [5, 5.41) is 0. The number of hydrogen-bond acceptors (Lipinski definition) is 3. The van der Waals surface area contributed by atoms with Gasteiger partial charge in [0.25, 0.3) is 0 Å². The van der Waals surface area contributed by atoms with Gasteiger partial charge in [0.15, 0.2) is 0 Å². The zero-order valence-electron chi connectivity index (χ0n) is 11.4. The third kappa shape index (κ3) is 5.85. The van der Waals surface area contributed by atoms with Crippen LogP contribution in [0.4, 0.5) is 0 Å². The highest BCUT2D eigenvalue weighted by Gasteiger charge is 2.08. The average molecular weight is 316 g/mol. The van der Waals surface area contributed by atoms with E-state index in [0.29, 0.717) is 12.6 Å². The van der Waals surface area contributed by atoms with Crippen LogP contribution in [0.5, 0.6) is 5.75 Å². The summed E-state index contributed by atoms with van der Waals surface area (Å²) in [7, 11) is 1.73. The largest absolute Gasteiger partial charge is 0.492 e. The molecule has 0 spiro atoms. The molecule has 4 heteroatoms. The highest BCUT2D eigenvalue weighted by molar-refractivity contribution is 9.10. The lowest BCUT2D eigenvalue weighted by atomic mass is 10.3. The standard InChI is InChI=1S/C14H22BrNO2/c1-12(2)16(7-9-17-3)8-10-18-14-6-4-5-13(15)11-14/h4-6,11-12H,7-10H2,1-3H3. The van der Waals surface area contributed by atoms with Crippen LogP contribution in [0, 0.1) is 0 Å². The molecule has 0 N–H and O–H groups in total. The molecule has 0 unspecified atom stereocenters. The third-order valence-electron chi connectivity index (χ3n) is 2.76. The Morgan fingerprint density at radius 1 is 1.22 bits per heavy atom. The van der Waals surface area contributed by atoms with E-state index < -0.39 is 0 Å². The van der Waals surface area contributed by atoms with Gasteiger partial charge >= 0.3 is 0 Å². The average Bonchev–Trinajstić information content (AvgIpc) is 2.33. The molecule has 0 amide bonds. The minimum absolute atomic E-state index is 0.506. The minimum atomic E-state index is 0.506. The molecular weight excluding hydrogens is 294 g/mol. The molecule has 18 heavy (non-hydrogen) atoms. The molecule has 3 nitrogen and oxygen atoms in total. The molecule has 1 aromatic rings. The lowest BCUT2D eigenvalue weighted by molar-refractivity contribution is 0.116. The second-order valence-electron chi connectivity index (χ2n) is 4.43. The van der Waals surface area contributed by atoms with Gasteiger partial charge in [-0.1, -0.05) is 22.0 Å². The maximum absolute atomic E-state index is 5.73. The van der Waals surface area contributed by atoms with Crippen molar-refractivity contribution in [2.75, 3.05) is 33.4 Å². The lowest BCUT2D eigenvalue weighted by Crippen LogP contribution is -2.37. The van der Waals surface area contributed by atoms with Crippen LogP contribution in [0.1, 0.15) is 13.8 Å². The zero-order valence-corrected chi connectivity index (χ0v) is 12.9. The van der Waals surface area contributed by atoms with E-state index in [0.717, 1.165) is 29.9 Å². The Labute approximate surface area is 118 Å². The smallest absolute Gasteiger partial charge is 0.120 e. The van der Waals surface area contributed by atoms with E-state index in [1.807, 2.05) is 24.3 Å². The summed E-state index contributed by atoms with van der Waals surface area (Å²) in [6.45, 7) is 7.68. The van der Waals surface area contributed by atoms with Crippen molar-refractivity contribution in [3.05, 3.63) is 28.7 Å². The molecule has 0 aliphatic rings. The number of benzene rings is 1. The van der Waals surface area contributed by atoms with E-state index in [9.17, 15) is 0 Å². The minimum Gasteiger partial charge on any atom is -0.492 e. The number of ether oxygens (including phenoxy) is 2. The molecule has 0 fully saturated rings. The van der Waals surface area contributed by atoms with Crippen molar-refractivity contribution in [2.45, 2.75) is 19.9 Å². The maximum atomic E-state index is 5.73. The summed E-state index contributed by atoms with van der Waals surface area (Å²) in [6.07, 6.45) is 0. The van der Waals surface area contributed by atoms with Crippen molar-refractivity contribution in [1.82, 2.24) is 4.90 Å². The van der Waals surface area contributed by atoms with Gasteiger partial charge in [-0.2, -0.15) is 0 Å². The molecule has 0 bridgehead atoms. The van der Waals surface area contributed by atoms with Crippen LogP contribution in [0.3, 0.4) is 0 Å². The van der Waals surface area contributed by atoms with Gasteiger partial charge in [-0.25, -0.2) is 0 Å². The van der Waals surface area contributed by atoms with E-state index in [4.69, 9.17) is 9.47 Å². The van der Waals surface area contributed by atoms with Crippen LogP contribution >= 0.6 is 15.9 Å². The summed E-state index contributed by atoms with van der Waals surface area (Å²) in [6, 6.07) is 8.43. The van der Waals surface area contributed by atoms with Crippen LogP contribution in [0.25, 0.3) is 0 Å². The molecule has 0 heterocycles. The normalized spacial score (nSPS) is 11.2. The molecule has 102 valence electrons. The van der Waals surface area contributed by atoms with Crippen LogP contribution in [-0.4, -0.2) is 44.4 Å². The van der Waals surface area contributed by atoms with Crippen LogP contribution in [0.2, 0.25) is 0 Å². The van der Waals surface area contributed by atoms with Gasteiger partial charge in [-0.3, -0.25) is 4.90 Å². The summed E-state index contributed by atoms with van der Waals surface area (Å²) >= 11 is 3.43. The summed E-state index contributed by atoms with van der Waals surface area (Å²) in [4.78, 5) is 2.35. The molecule has 0 radical (unpaired) electrons. The number of halogens is 1. The van der Waals surface area contributed by atoms with Crippen molar-refractivity contribution in [3.63, 3.8) is 0 Å². The number of hydrogen-bond donors (Lipinski definition) is 0. The van der Waals surface area contributed by atoms with E-state index in [1.165, 1.54) is 0 Å². The van der Waals surface area contributed by atoms with Crippen molar-refractivity contribution in [3.8, 4) is 5.75 Å². The summed E-state index contributed by atoms with van der Waals surface area (Å²) in [5.41, 5.74) is 0. The Balaban J connectivity index is 2.34. The molecule has 0 aliphatic carbocycles. The Kier molecular flexibility index (Phi) is 7.32. The van der Waals surface area contributed by atoms with Crippen LogP contribution in [-0.2, 0) is 4.74 Å². The second-order valence-corrected chi connectivity index (χ2v) is 5.34. The van der Waals surface area contributed by atoms with E-state index >= 15 is 0 Å². The quantitative estimate of drug-likeness (QED) is 0.735. The summed E-state index contributed by atoms with van der Waals surface area (Å²) < 4.78 is 11.9. The number of rotatable bonds is 8. The highest BCUT2D eigenvalue weighted by atomic mass is 79.9.